The van der Waals surface area contributed by atoms with E-state index in [9.17, 15) is 0 Å². The van der Waals surface area contributed by atoms with Crippen molar-refractivity contribution < 1.29 is 0 Å². The van der Waals surface area contributed by atoms with Gasteiger partial charge < -0.3 is 4.90 Å². The fourth-order valence-electron chi connectivity index (χ4n) is 3.08. The Morgan fingerprint density at radius 2 is 1.52 bits per heavy atom. The Kier molecular flexibility index (Phi) is 4.11. The number of benzene rings is 3. The topological polar surface area (TPSA) is 3.24 Å². The van der Waals surface area contributed by atoms with Crippen molar-refractivity contribution in [2.75, 3.05) is 4.90 Å². The molecule has 0 saturated heterocycles. The van der Waals surface area contributed by atoms with E-state index in [1.165, 1.54) is 16.8 Å². The zero-order valence-corrected chi connectivity index (χ0v) is 14.2. The molecular weight excluding hydrogens is 302 g/mol. The molecule has 120 valence electrons. The summed E-state index contributed by atoms with van der Waals surface area (Å²) in [7, 11) is 0. The molecule has 1 aliphatic rings. The number of hydrogen-bond donors (Lipinski definition) is 0. The van der Waals surface area contributed by atoms with Crippen molar-refractivity contribution in [2.45, 2.75) is 13.0 Å². The molecule has 0 radical (unpaired) electrons. The minimum absolute atomic E-state index is 0.0119. The van der Waals surface area contributed by atoms with Crippen LogP contribution in [0.3, 0.4) is 0 Å². The van der Waals surface area contributed by atoms with Crippen molar-refractivity contribution in [3.63, 3.8) is 0 Å². The highest BCUT2D eigenvalue weighted by atomic mass is 15.2. The summed E-state index contributed by atoms with van der Waals surface area (Å²) >= 11 is 0. The number of nitrogens with zero attached hydrogens (tertiary/aromatic N) is 1. The van der Waals surface area contributed by atoms with Gasteiger partial charge in [-0.3, -0.25) is 0 Å². The van der Waals surface area contributed by atoms with Gasteiger partial charge in [-0.2, -0.15) is 0 Å². The van der Waals surface area contributed by atoms with Gasteiger partial charge in [0.2, 0.25) is 0 Å². The molecule has 0 amide bonds. The normalized spacial score (nSPS) is 15.2. The van der Waals surface area contributed by atoms with Crippen LogP contribution in [-0.2, 0) is 0 Å². The molecule has 1 aliphatic heterocycles. The summed E-state index contributed by atoms with van der Waals surface area (Å²) in [5.41, 5.74) is 5.88. The second-order valence-corrected chi connectivity index (χ2v) is 6.20. The van der Waals surface area contributed by atoms with E-state index in [1.807, 2.05) is 30.3 Å². The van der Waals surface area contributed by atoms with E-state index in [1.54, 1.807) is 0 Å². The first-order valence-electron chi connectivity index (χ1n) is 8.51. The van der Waals surface area contributed by atoms with Crippen LogP contribution in [0.25, 0.3) is 6.08 Å². The molecule has 1 heterocycles. The fourth-order valence-corrected chi connectivity index (χ4v) is 3.08. The highest BCUT2D eigenvalue weighted by molar-refractivity contribution is 5.80. The van der Waals surface area contributed by atoms with Crippen molar-refractivity contribution in [3.8, 4) is 11.8 Å². The van der Waals surface area contributed by atoms with Gasteiger partial charge >= 0.3 is 0 Å². The molecule has 4 rings (SSSR count). The first-order chi connectivity index (χ1) is 12.3. The summed E-state index contributed by atoms with van der Waals surface area (Å²) in [4.78, 5) is 2.31. The van der Waals surface area contributed by atoms with Crippen molar-refractivity contribution in [2.24, 2.45) is 0 Å². The fraction of sp³-hybridized carbons (Fsp3) is 0.0833. The Morgan fingerprint density at radius 3 is 2.32 bits per heavy atom. The molecule has 25 heavy (non-hydrogen) atoms. The molecule has 0 spiro atoms. The molecule has 0 aliphatic carbocycles. The van der Waals surface area contributed by atoms with Gasteiger partial charge in [0.25, 0.3) is 0 Å². The van der Waals surface area contributed by atoms with Crippen molar-refractivity contribution in [1.82, 2.24) is 0 Å². The lowest BCUT2D eigenvalue weighted by atomic mass is 10.0. The average molecular weight is 321 g/mol. The van der Waals surface area contributed by atoms with Crippen LogP contribution in [0.1, 0.15) is 16.7 Å². The molecule has 1 heteroatoms. The minimum Gasteiger partial charge on any atom is -0.323 e. The smallest absolute Gasteiger partial charge is 0.114 e. The number of fused-ring (bicyclic) bond motifs is 1. The standard InChI is InChI=1S/C24H19N/c1-19-11-15-22(16-12-19)25-23(17-13-20-7-3-2-4-8-20)18-14-21-9-5-6-10-24(21)25/h2-12,14-16,18,23H,1H3. The summed E-state index contributed by atoms with van der Waals surface area (Å²) in [5, 5.41) is 0. The molecule has 0 bridgehead atoms. The molecule has 3 aromatic rings. The Balaban J connectivity index is 1.78. The van der Waals surface area contributed by atoms with E-state index >= 15 is 0 Å². The minimum atomic E-state index is 0.0119. The number of aryl methyl sites for hydroxylation is 1. The second kappa shape index (κ2) is 6.71. The van der Waals surface area contributed by atoms with Crippen LogP contribution in [-0.4, -0.2) is 6.04 Å². The van der Waals surface area contributed by atoms with Crippen LogP contribution in [0.15, 0.2) is 84.9 Å². The van der Waals surface area contributed by atoms with Gasteiger partial charge in [0.15, 0.2) is 0 Å². The zero-order chi connectivity index (χ0) is 17.1. The van der Waals surface area contributed by atoms with Gasteiger partial charge in [-0.1, -0.05) is 72.0 Å². The van der Waals surface area contributed by atoms with Crippen LogP contribution in [0.5, 0.6) is 0 Å². The van der Waals surface area contributed by atoms with E-state index in [0.717, 1.165) is 11.3 Å². The summed E-state index contributed by atoms with van der Waals surface area (Å²) in [6.07, 6.45) is 4.35. The van der Waals surface area contributed by atoms with E-state index in [2.05, 4.69) is 84.3 Å². The van der Waals surface area contributed by atoms with Crippen LogP contribution < -0.4 is 4.90 Å². The average Bonchev–Trinajstić information content (AvgIpc) is 2.67. The van der Waals surface area contributed by atoms with Gasteiger partial charge in [0, 0.05) is 16.9 Å². The molecule has 1 nitrogen and oxygen atoms in total. The van der Waals surface area contributed by atoms with Crippen LogP contribution in [0.2, 0.25) is 0 Å². The first kappa shape index (κ1) is 15.3. The largest absolute Gasteiger partial charge is 0.323 e. The van der Waals surface area contributed by atoms with Gasteiger partial charge in [-0.05, 0) is 48.9 Å². The lowest BCUT2D eigenvalue weighted by Crippen LogP contribution is -2.30. The first-order valence-corrected chi connectivity index (χ1v) is 8.51. The third-order valence-electron chi connectivity index (χ3n) is 4.38. The Bertz CT molecular complexity index is 956. The Hall–Kier alpha value is -3.24. The maximum Gasteiger partial charge on any atom is 0.114 e. The SMILES string of the molecule is Cc1ccc(N2c3ccccc3C=CC2C#Cc2ccccc2)cc1. The molecule has 1 atom stereocenters. The predicted octanol–water partition coefficient (Wildman–Crippen LogP) is 5.58. The van der Waals surface area contributed by atoms with Crippen molar-refractivity contribution in [3.05, 3.63) is 102 Å². The van der Waals surface area contributed by atoms with Gasteiger partial charge in [-0.15, -0.1) is 0 Å². The molecule has 0 N–H and O–H groups in total. The van der Waals surface area contributed by atoms with E-state index in [0.29, 0.717) is 0 Å². The van der Waals surface area contributed by atoms with Crippen molar-refractivity contribution in [1.29, 1.82) is 0 Å². The summed E-state index contributed by atoms with van der Waals surface area (Å²) < 4.78 is 0. The van der Waals surface area contributed by atoms with E-state index in [4.69, 9.17) is 0 Å². The van der Waals surface area contributed by atoms with Crippen LogP contribution in [0, 0.1) is 18.8 Å². The summed E-state index contributed by atoms with van der Waals surface area (Å²) in [6.45, 7) is 2.11. The molecule has 1 unspecified atom stereocenters. The van der Waals surface area contributed by atoms with Gasteiger partial charge in [0.05, 0.1) is 0 Å². The molecular formula is C24H19N. The van der Waals surface area contributed by atoms with Crippen molar-refractivity contribution >= 4 is 17.5 Å². The third kappa shape index (κ3) is 3.20. The lowest BCUT2D eigenvalue weighted by molar-refractivity contribution is 0.960. The predicted molar refractivity (Wildman–Crippen MR) is 106 cm³/mol. The molecule has 0 aromatic heterocycles. The van der Waals surface area contributed by atoms with E-state index < -0.39 is 0 Å². The number of para-hydroxylation sites is 1. The highest BCUT2D eigenvalue weighted by Gasteiger charge is 2.22. The molecule has 0 fully saturated rings. The maximum atomic E-state index is 3.43. The van der Waals surface area contributed by atoms with Crippen LogP contribution >= 0.6 is 0 Å². The molecule has 3 aromatic carbocycles. The monoisotopic (exact) mass is 321 g/mol. The zero-order valence-electron chi connectivity index (χ0n) is 14.2. The summed E-state index contributed by atoms with van der Waals surface area (Å²) in [5.74, 6) is 6.74. The second-order valence-electron chi connectivity index (χ2n) is 6.20. The van der Waals surface area contributed by atoms with Crippen LogP contribution in [0.4, 0.5) is 11.4 Å². The summed E-state index contributed by atoms with van der Waals surface area (Å²) in [6, 6.07) is 27.3. The third-order valence-corrected chi connectivity index (χ3v) is 4.38. The van der Waals surface area contributed by atoms with Gasteiger partial charge in [-0.25, -0.2) is 0 Å². The number of hydrogen-bond acceptors (Lipinski definition) is 1. The number of anilines is 2. The maximum absolute atomic E-state index is 3.43. The Morgan fingerprint density at radius 1 is 0.800 bits per heavy atom. The Labute approximate surface area is 149 Å². The highest BCUT2D eigenvalue weighted by Crippen LogP contribution is 2.35. The van der Waals surface area contributed by atoms with E-state index in [-0.39, 0.29) is 6.04 Å². The molecule has 0 saturated carbocycles. The van der Waals surface area contributed by atoms with Gasteiger partial charge in [0.1, 0.15) is 6.04 Å². The quantitative estimate of drug-likeness (QED) is 0.529. The number of rotatable bonds is 1. The lowest BCUT2D eigenvalue weighted by Gasteiger charge is -2.33.